The van der Waals surface area contributed by atoms with Crippen molar-refractivity contribution in [3.63, 3.8) is 0 Å². The summed E-state index contributed by atoms with van der Waals surface area (Å²) >= 11 is 0. The van der Waals surface area contributed by atoms with E-state index in [1.54, 1.807) is 11.2 Å². The van der Waals surface area contributed by atoms with E-state index in [9.17, 15) is 4.79 Å². The van der Waals surface area contributed by atoms with Crippen LogP contribution in [-0.2, 0) is 16.1 Å². The number of carbonyl (C=O) groups excluding carboxylic acids is 1. The minimum absolute atomic E-state index is 0.0191. The van der Waals surface area contributed by atoms with Crippen LogP contribution in [0.4, 0.5) is 0 Å². The normalized spacial score (nSPS) is 21.6. The van der Waals surface area contributed by atoms with E-state index in [0.717, 1.165) is 17.9 Å². The van der Waals surface area contributed by atoms with Gasteiger partial charge in [-0.1, -0.05) is 30.3 Å². The lowest BCUT2D eigenvalue weighted by atomic mass is 10.1. The van der Waals surface area contributed by atoms with Gasteiger partial charge in [-0.25, -0.2) is 0 Å². The number of morpholine rings is 1. The number of ether oxygens (including phenoxy) is 1. The highest BCUT2D eigenvalue weighted by molar-refractivity contribution is 5.78. The Balaban J connectivity index is 1.59. The van der Waals surface area contributed by atoms with Gasteiger partial charge in [-0.3, -0.25) is 9.69 Å². The van der Waals surface area contributed by atoms with Crippen molar-refractivity contribution >= 4 is 5.91 Å². The van der Waals surface area contributed by atoms with Crippen molar-refractivity contribution in [2.24, 2.45) is 0 Å². The van der Waals surface area contributed by atoms with Gasteiger partial charge in [0.2, 0.25) is 5.91 Å². The lowest BCUT2D eigenvalue weighted by Crippen LogP contribution is -2.49. The Morgan fingerprint density at radius 3 is 2.75 bits per heavy atom. The van der Waals surface area contributed by atoms with Gasteiger partial charge in [0.05, 0.1) is 32.1 Å². The smallest absolute Gasteiger partial charge is 0.236 e. The Hall–Kier alpha value is -2.11. The largest absolute Gasteiger partial charge is 0.467 e. The van der Waals surface area contributed by atoms with E-state index in [4.69, 9.17) is 9.15 Å². The van der Waals surface area contributed by atoms with Crippen molar-refractivity contribution in [1.82, 2.24) is 9.80 Å². The molecule has 2 aromatic rings. The summed E-state index contributed by atoms with van der Waals surface area (Å²) in [5.74, 6) is 0.884. The second kappa shape index (κ2) is 7.64. The van der Waals surface area contributed by atoms with Crippen molar-refractivity contribution in [3.8, 4) is 0 Å². The molecule has 1 aromatic heterocycles. The van der Waals surface area contributed by atoms with Gasteiger partial charge in [-0.15, -0.1) is 0 Å². The topological polar surface area (TPSA) is 45.9 Å². The molecular formula is C19H24N2O3. The molecular weight excluding hydrogens is 304 g/mol. The van der Waals surface area contributed by atoms with Gasteiger partial charge in [0.25, 0.3) is 0 Å². The Morgan fingerprint density at radius 1 is 1.25 bits per heavy atom. The highest BCUT2D eigenvalue weighted by Crippen LogP contribution is 2.24. The SMILES string of the molecule is C[C@@H]1CO[C@H](c2ccccc2)CN1CC(=O)N(C)Cc1ccco1. The van der Waals surface area contributed by atoms with Crippen molar-refractivity contribution in [2.75, 3.05) is 26.7 Å². The maximum absolute atomic E-state index is 12.5. The van der Waals surface area contributed by atoms with Gasteiger partial charge in [0.1, 0.15) is 5.76 Å². The minimum Gasteiger partial charge on any atom is -0.467 e. The van der Waals surface area contributed by atoms with Crippen molar-refractivity contribution in [3.05, 3.63) is 60.1 Å². The molecule has 0 radical (unpaired) electrons. The molecule has 5 heteroatoms. The molecule has 0 saturated carbocycles. The van der Waals surface area contributed by atoms with E-state index >= 15 is 0 Å². The Labute approximate surface area is 142 Å². The summed E-state index contributed by atoms with van der Waals surface area (Å²) in [6, 6.07) is 14.1. The summed E-state index contributed by atoms with van der Waals surface area (Å²) in [7, 11) is 1.81. The summed E-state index contributed by atoms with van der Waals surface area (Å²) < 4.78 is 11.3. The number of nitrogens with zero attached hydrogens (tertiary/aromatic N) is 2. The predicted octanol–water partition coefficient (Wildman–Crippen LogP) is 2.70. The first kappa shape index (κ1) is 16.7. The third kappa shape index (κ3) is 4.04. The second-order valence-electron chi connectivity index (χ2n) is 6.34. The third-order valence-corrected chi connectivity index (χ3v) is 4.47. The summed E-state index contributed by atoms with van der Waals surface area (Å²) in [5.41, 5.74) is 1.16. The fourth-order valence-corrected chi connectivity index (χ4v) is 2.92. The molecule has 0 aliphatic carbocycles. The average molecular weight is 328 g/mol. The molecule has 24 heavy (non-hydrogen) atoms. The molecule has 1 aliphatic rings. The molecule has 1 saturated heterocycles. The summed E-state index contributed by atoms with van der Waals surface area (Å²) in [6.45, 7) is 4.35. The van der Waals surface area contributed by atoms with Crippen molar-refractivity contribution in [2.45, 2.75) is 25.6 Å². The average Bonchev–Trinajstić information content (AvgIpc) is 3.10. The zero-order chi connectivity index (χ0) is 16.9. The van der Waals surface area contributed by atoms with E-state index < -0.39 is 0 Å². The van der Waals surface area contributed by atoms with Crippen LogP contribution in [0, 0.1) is 0 Å². The number of likely N-dealkylation sites (N-methyl/N-ethyl adjacent to an activating group) is 1. The number of carbonyl (C=O) groups is 1. The zero-order valence-electron chi connectivity index (χ0n) is 14.2. The number of hydrogen-bond acceptors (Lipinski definition) is 4. The van der Waals surface area contributed by atoms with Crippen LogP contribution in [0.1, 0.15) is 24.4 Å². The van der Waals surface area contributed by atoms with Crippen LogP contribution in [0.5, 0.6) is 0 Å². The molecule has 0 N–H and O–H groups in total. The first-order chi connectivity index (χ1) is 11.6. The molecule has 3 rings (SSSR count). The quantitative estimate of drug-likeness (QED) is 0.847. The van der Waals surface area contributed by atoms with E-state index in [0.29, 0.717) is 19.7 Å². The third-order valence-electron chi connectivity index (χ3n) is 4.47. The number of amides is 1. The van der Waals surface area contributed by atoms with Crippen LogP contribution in [0.15, 0.2) is 53.1 Å². The van der Waals surface area contributed by atoms with Crippen LogP contribution in [-0.4, -0.2) is 48.5 Å². The first-order valence-electron chi connectivity index (χ1n) is 8.30. The monoisotopic (exact) mass is 328 g/mol. The molecule has 128 valence electrons. The van der Waals surface area contributed by atoms with Gasteiger partial charge in [0, 0.05) is 19.6 Å². The highest BCUT2D eigenvalue weighted by atomic mass is 16.5. The minimum atomic E-state index is 0.0191. The molecule has 1 amide bonds. The maximum Gasteiger partial charge on any atom is 0.236 e. The molecule has 1 aliphatic heterocycles. The van der Waals surface area contributed by atoms with Crippen LogP contribution in [0.2, 0.25) is 0 Å². The number of rotatable bonds is 5. The molecule has 0 unspecified atom stereocenters. The number of furan rings is 1. The lowest BCUT2D eigenvalue weighted by Gasteiger charge is -2.38. The fraction of sp³-hybridized carbons (Fsp3) is 0.421. The van der Waals surface area contributed by atoms with Gasteiger partial charge in [-0.2, -0.15) is 0 Å². The van der Waals surface area contributed by atoms with Gasteiger partial charge >= 0.3 is 0 Å². The summed E-state index contributed by atoms with van der Waals surface area (Å²) in [5, 5.41) is 0. The fourth-order valence-electron chi connectivity index (χ4n) is 2.92. The van der Waals surface area contributed by atoms with Crippen molar-refractivity contribution < 1.29 is 13.9 Å². The zero-order valence-corrected chi connectivity index (χ0v) is 14.2. The van der Waals surface area contributed by atoms with E-state index in [1.807, 2.05) is 37.4 Å². The molecule has 2 heterocycles. The standard InChI is InChI=1S/C19H24N2O3/c1-15-14-24-18(16-7-4-3-5-8-16)12-21(15)13-19(22)20(2)11-17-9-6-10-23-17/h3-10,15,18H,11-14H2,1-2H3/t15-,18+/m1/s1. The Kier molecular flexibility index (Phi) is 5.33. The summed E-state index contributed by atoms with van der Waals surface area (Å²) in [6.07, 6.45) is 1.65. The maximum atomic E-state index is 12.5. The second-order valence-corrected chi connectivity index (χ2v) is 6.34. The van der Waals surface area contributed by atoms with Crippen LogP contribution in [0.3, 0.4) is 0 Å². The summed E-state index contributed by atoms with van der Waals surface area (Å²) in [4.78, 5) is 16.4. The Morgan fingerprint density at radius 2 is 2.04 bits per heavy atom. The van der Waals surface area contributed by atoms with Crippen LogP contribution >= 0.6 is 0 Å². The van der Waals surface area contributed by atoms with E-state index in [1.165, 1.54) is 0 Å². The predicted molar refractivity (Wildman–Crippen MR) is 91.4 cm³/mol. The molecule has 0 spiro atoms. The van der Waals surface area contributed by atoms with Crippen LogP contribution < -0.4 is 0 Å². The Bertz CT molecular complexity index is 642. The van der Waals surface area contributed by atoms with E-state index in [-0.39, 0.29) is 18.1 Å². The molecule has 5 nitrogen and oxygen atoms in total. The molecule has 2 atom stereocenters. The highest BCUT2D eigenvalue weighted by Gasteiger charge is 2.29. The first-order valence-corrected chi connectivity index (χ1v) is 8.30. The van der Waals surface area contributed by atoms with Gasteiger partial charge < -0.3 is 14.1 Å². The van der Waals surface area contributed by atoms with Crippen LogP contribution in [0.25, 0.3) is 0 Å². The number of benzene rings is 1. The molecule has 0 bridgehead atoms. The number of hydrogen-bond donors (Lipinski definition) is 0. The molecule has 1 aromatic carbocycles. The van der Waals surface area contributed by atoms with Gasteiger partial charge in [-0.05, 0) is 24.6 Å². The van der Waals surface area contributed by atoms with E-state index in [2.05, 4.69) is 24.0 Å². The van der Waals surface area contributed by atoms with Crippen molar-refractivity contribution in [1.29, 1.82) is 0 Å². The van der Waals surface area contributed by atoms with Gasteiger partial charge in [0.15, 0.2) is 0 Å². The lowest BCUT2D eigenvalue weighted by molar-refractivity contribution is -0.136. The molecule has 1 fully saturated rings.